The molecule has 35 heavy (non-hydrogen) atoms. The molecule has 190 valence electrons. The Hall–Kier alpha value is -3.25. The van der Waals surface area contributed by atoms with Crippen molar-refractivity contribution >= 4 is 45.4 Å². The molecule has 2 aromatic rings. The Morgan fingerprint density at radius 1 is 1.06 bits per heavy atom. The molecule has 1 aliphatic rings. The highest BCUT2D eigenvalue weighted by Crippen LogP contribution is 2.25. The minimum Gasteiger partial charge on any atom is -0.463 e. The number of aromatic nitrogens is 1. The Bertz CT molecular complexity index is 1140. The number of aryl methyl sites for hydroxylation is 1. The van der Waals surface area contributed by atoms with E-state index in [0.29, 0.717) is 18.4 Å². The zero-order valence-corrected chi connectivity index (χ0v) is 20.5. The molecule has 1 aromatic carbocycles. The van der Waals surface area contributed by atoms with Crippen molar-refractivity contribution in [1.29, 1.82) is 0 Å². The van der Waals surface area contributed by atoms with E-state index in [1.54, 1.807) is 16.1 Å². The van der Waals surface area contributed by atoms with Crippen LogP contribution < -0.4 is 10.9 Å². The quantitative estimate of drug-likeness (QED) is 0.394. The largest absolute Gasteiger partial charge is 0.463 e. The van der Waals surface area contributed by atoms with Crippen LogP contribution >= 0.6 is 11.5 Å². The third-order valence-electron chi connectivity index (χ3n) is 5.24. The van der Waals surface area contributed by atoms with E-state index in [-0.39, 0.29) is 30.9 Å². The Balaban J connectivity index is 1.62. The fourth-order valence-electron chi connectivity index (χ4n) is 3.78. The van der Waals surface area contributed by atoms with Crippen LogP contribution in [0.4, 0.5) is 0 Å². The van der Waals surface area contributed by atoms with Crippen molar-refractivity contribution in [1.82, 2.24) is 9.27 Å². The van der Waals surface area contributed by atoms with E-state index >= 15 is 0 Å². The van der Waals surface area contributed by atoms with E-state index in [0.717, 1.165) is 4.70 Å². The van der Waals surface area contributed by atoms with E-state index in [1.807, 2.05) is 12.1 Å². The Morgan fingerprint density at radius 2 is 1.74 bits per heavy atom. The highest BCUT2D eigenvalue weighted by Gasteiger charge is 2.42. The van der Waals surface area contributed by atoms with E-state index in [1.165, 1.54) is 32.3 Å². The number of amides is 1. The second kappa shape index (κ2) is 11.9. The minimum absolute atomic E-state index is 0.0488. The lowest BCUT2D eigenvalue weighted by molar-refractivity contribution is -0.216. The van der Waals surface area contributed by atoms with Gasteiger partial charge in [0.15, 0.2) is 6.23 Å². The maximum Gasteiger partial charge on any atom is 0.303 e. The van der Waals surface area contributed by atoms with Crippen LogP contribution in [0.25, 0.3) is 10.1 Å². The van der Waals surface area contributed by atoms with Crippen LogP contribution in [0, 0.1) is 0 Å². The third kappa shape index (κ3) is 7.36. The van der Waals surface area contributed by atoms with Crippen molar-refractivity contribution in [2.24, 2.45) is 0 Å². The predicted molar refractivity (Wildman–Crippen MR) is 124 cm³/mol. The monoisotopic (exact) mass is 508 g/mol. The number of rotatable bonds is 9. The first-order valence-corrected chi connectivity index (χ1v) is 11.9. The van der Waals surface area contributed by atoms with Crippen LogP contribution in [-0.2, 0) is 44.7 Å². The zero-order chi connectivity index (χ0) is 25.5. The van der Waals surface area contributed by atoms with Crippen LogP contribution in [0.3, 0.4) is 0 Å². The molecule has 0 aliphatic carbocycles. The zero-order valence-electron chi connectivity index (χ0n) is 19.7. The van der Waals surface area contributed by atoms with Gasteiger partial charge < -0.3 is 24.3 Å². The summed E-state index contributed by atoms with van der Waals surface area (Å²) in [6.07, 6.45) is -3.12. The molecule has 1 amide bonds. The van der Waals surface area contributed by atoms with Gasteiger partial charge >= 0.3 is 17.9 Å². The van der Waals surface area contributed by atoms with Crippen molar-refractivity contribution in [2.75, 3.05) is 6.61 Å². The smallest absolute Gasteiger partial charge is 0.303 e. The van der Waals surface area contributed by atoms with Gasteiger partial charge in [-0.1, -0.05) is 23.7 Å². The lowest BCUT2D eigenvalue weighted by atomic mass is 10.0. The van der Waals surface area contributed by atoms with Gasteiger partial charge in [0.2, 0.25) is 5.91 Å². The predicted octanol–water partition coefficient (Wildman–Crippen LogP) is 1.50. The summed E-state index contributed by atoms with van der Waals surface area (Å²) >= 11 is 1.34. The lowest BCUT2D eigenvalue weighted by Gasteiger charge is -2.40. The van der Waals surface area contributed by atoms with E-state index in [2.05, 4.69) is 5.32 Å². The summed E-state index contributed by atoms with van der Waals surface area (Å²) in [6.45, 7) is 3.83. The molecular weight excluding hydrogens is 480 g/mol. The summed E-state index contributed by atoms with van der Waals surface area (Å²) < 4.78 is 23.9. The van der Waals surface area contributed by atoms with Crippen molar-refractivity contribution in [3.05, 3.63) is 34.6 Å². The van der Waals surface area contributed by atoms with Crippen LogP contribution in [0.15, 0.2) is 29.1 Å². The molecular formula is C23H28N2O9S. The van der Waals surface area contributed by atoms with E-state index in [4.69, 9.17) is 18.9 Å². The van der Waals surface area contributed by atoms with Crippen LogP contribution in [0.1, 0.15) is 40.0 Å². The Kier molecular flexibility index (Phi) is 8.99. The third-order valence-corrected chi connectivity index (χ3v) is 6.37. The molecule has 1 aliphatic heterocycles. The van der Waals surface area contributed by atoms with Gasteiger partial charge in [-0.05, 0) is 18.6 Å². The van der Waals surface area contributed by atoms with Gasteiger partial charge in [0.25, 0.3) is 5.56 Å². The number of ether oxygens (including phenoxy) is 4. The molecule has 1 aromatic heterocycles. The molecule has 4 atom stereocenters. The number of hydrogen-bond acceptors (Lipinski definition) is 10. The number of fused-ring (bicyclic) bond motifs is 1. The van der Waals surface area contributed by atoms with Gasteiger partial charge in [-0.25, -0.2) is 0 Å². The highest BCUT2D eigenvalue weighted by atomic mass is 32.1. The molecule has 12 heteroatoms. The number of carbonyl (C=O) groups is 4. The van der Waals surface area contributed by atoms with Crippen LogP contribution in [-0.4, -0.2) is 58.9 Å². The maximum atomic E-state index is 12.6. The summed E-state index contributed by atoms with van der Waals surface area (Å²) in [4.78, 5) is 59.5. The van der Waals surface area contributed by atoms with Crippen LogP contribution in [0.5, 0.6) is 0 Å². The van der Waals surface area contributed by atoms with Gasteiger partial charge in [0, 0.05) is 40.2 Å². The minimum atomic E-state index is -1.04. The molecule has 0 radical (unpaired) electrons. The van der Waals surface area contributed by atoms with Gasteiger partial charge in [0.05, 0.1) is 10.1 Å². The van der Waals surface area contributed by atoms with E-state index < -0.39 is 42.4 Å². The second-order valence-corrected chi connectivity index (χ2v) is 9.16. The topological polar surface area (TPSA) is 139 Å². The molecule has 3 rings (SSSR count). The fraction of sp³-hybridized carbons (Fsp3) is 0.522. The molecule has 2 unspecified atom stereocenters. The molecule has 0 spiro atoms. The summed E-state index contributed by atoms with van der Waals surface area (Å²) in [5.41, 5.74) is -0.0960. The number of nitrogens with zero attached hydrogens (tertiary/aromatic N) is 1. The Morgan fingerprint density at radius 3 is 2.40 bits per heavy atom. The number of nitrogens with one attached hydrogen (secondary N) is 1. The molecule has 1 saturated heterocycles. The first kappa shape index (κ1) is 26.4. The molecule has 1 N–H and O–H groups in total. The maximum absolute atomic E-state index is 12.6. The van der Waals surface area contributed by atoms with Crippen molar-refractivity contribution in [3.8, 4) is 0 Å². The molecule has 0 saturated carbocycles. The lowest BCUT2D eigenvalue weighted by Crippen LogP contribution is -2.58. The number of carbonyl (C=O) groups excluding carboxylic acids is 4. The average molecular weight is 509 g/mol. The molecule has 1 fully saturated rings. The first-order valence-electron chi connectivity index (χ1n) is 11.2. The Labute approximate surface area is 205 Å². The fourth-order valence-corrected chi connectivity index (χ4v) is 4.81. The standard InChI is InChI=1S/C23H28N2O9S/c1-13(26)31-12-19-17(32-14(2)27)11-18(33-15(3)28)22(34-19)24-21(29)9-6-10-25-23(30)16-7-4-5-8-20(16)35-25/h4-5,7-8,17-19,22H,6,9-12H2,1-3H3,(H,24,29)/t17-,18?,19?,22+/m0/s1. The molecule has 2 heterocycles. The second-order valence-electron chi connectivity index (χ2n) is 8.09. The average Bonchev–Trinajstić information content (AvgIpc) is 3.09. The van der Waals surface area contributed by atoms with Crippen molar-refractivity contribution in [3.63, 3.8) is 0 Å². The number of esters is 3. The normalized spacial score (nSPS) is 21.8. The van der Waals surface area contributed by atoms with E-state index in [9.17, 15) is 24.0 Å². The SMILES string of the molecule is CC(=O)OCC1O[C@@H](NC(=O)CCCn2sc3ccccc3c2=O)C(OC(C)=O)C[C@@H]1OC(C)=O. The van der Waals surface area contributed by atoms with Crippen LogP contribution in [0.2, 0.25) is 0 Å². The highest BCUT2D eigenvalue weighted by molar-refractivity contribution is 7.13. The first-order chi connectivity index (χ1) is 16.6. The summed E-state index contributed by atoms with van der Waals surface area (Å²) in [6, 6.07) is 7.30. The summed E-state index contributed by atoms with van der Waals surface area (Å²) in [5, 5.41) is 3.33. The number of hydrogen-bond donors (Lipinski definition) is 1. The number of benzene rings is 1. The van der Waals surface area contributed by atoms with Crippen molar-refractivity contribution in [2.45, 2.75) is 71.1 Å². The molecule has 0 bridgehead atoms. The summed E-state index contributed by atoms with van der Waals surface area (Å²) in [7, 11) is 0. The van der Waals surface area contributed by atoms with Gasteiger partial charge in [-0.3, -0.25) is 27.9 Å². The molecule has 11 nitrogen and oxygen atoms in total. The van der Waals surface area contributed by atoms with Gasteiger partial charge in [-0.15, -0.1) is 0 Å². The van der Waals surface area contributed by atoms with Gasteiger partial charge in [0.1, 0.15) is 24.9 Å². The van der Waals surface area contributed by atoms with Gasteiger partial charge in [-0.2, -0.15) is 0 Å². The summed E-state index contributed by atoms with van der Waals surface area (Å²) in [5.74, 6) is -2.10. The van der Waals surface area contributed by atoms with Crippen molar-refractivity contribution < 1.29 is 38.1 Å².